The number of imidazole rings is 1. The van der Waals surface area contributed by atoms with Crippen LogP contribution in [0, 0.1) is 5.41 Å². The summed E-state index contributed by atoms with van der Waals surface area (Å²) in [6.07, 6.45) is 5.62. The second-order valence-corrected chi connectivity index (χ2v) is 8.65. The van der Waals surface area contributed by atoms with Crippen molar-refractivity contribution >= 4 is 40.2 Å². The number of likely N-dealkylation sites (tertiary alicyclic amines) is 1. The number of anilines is 2. The molecule has 10 nitrogen and oxygen atoms in total. The van der Waals surface area contributed by atoms with E-state index in [0.717, 1.165) is 31.5 Å². The Labute approximate surface area is 207 Å². The van der Waals surface area contributed by atoms with Gasteiger partial charge in [-0.05, 0) is 43.2 Å². The number of para-hydroxylation sites is 1. The van der Waals surface area contributed by atoms with Gasteiger partial charge < -0.3 is 20.9 Å². The summed E-state index contributed by atoms with van der Waals surface area (Å²) >= 11 is 0. The van der Waals surface area contributed by atoms with Gasteiger partial charge in [0.1, 0.15) is 22.9 Å². The van der Waals surface area contributed by atoms with Crippen LogP contribution in [0.15, 0.2) is 48.8 Å². The van der Waals surface area contributed by atoms with Crippen LogP contribution in [0.3, 0.4) is 0 Å². The molecule has 5 N–H and O–H groups in total. The zero-order valence-corrected chi connectivity index (χ0v) is 19.8. The minimum absolute atomic E-state index is 0.0445. The normalized spacial score (nSPS) is 13.2. The van der Waals surface area contributed by atoms with Crippen LogP contribution in [0.1, 0.15) is 47.9 Å². The van der Waals surface area contributed by atoms with E-state index in [1.54, 1.807) is 37.5 Å². The number of H-pyrrole nitrogens is 1. The van der Waals surface area contributed by atoms with Crippen molar-refractivity contribution in [2.75, 3.05) is 24.1 Å². The van der Waals surface area contributed by atoms with Gasteiger partial charge in [0.05, 0.1) is 11.1 Å². The largest absolute Gasteiger partial charge is 0.383 e. The predicted octanol–water partition coefficient (Wildman–Crippen LogP) is 3.60. The minimum Gasteiger partial charge on any atom is -0.383 e. The van der Waals surface area contributed by atoms with E-state index in [1.807, 2.05) is 23.1 Å². The topological polar surface area (TPSA) is 154 Å². The van der Waals surface area contributed by atoms with Crippen molar-refractivity contribution in [3.8, 4) is 11.1 Å². The van der Waals surface area contributed by atoms with Crippen molar-refractivity contribution in [1.29, 1.82) is 5.41 Å². The molecule has 36 heavy (non-hydrogen) atoms. The fourth-order valence-electron chi connectivity index (χ4n) is 4.24. The van der Waals surface area contributed by atoms with Crippen LogP contribution in [-0.2, 0) is 4.79 Å². The van der Waals surface area contributed by atoms with Gasteiger partial charge in [-0.25, -0.2) is 15.0 Å². The number of nitrogens with two attached hydrogens (primary N) is 1. The van der Waals surface area contributed by atoms with Crippen molar-refractivity contribution in [3.05, 3.63) is 65.7 Å². The van der Waals surface area contributed by atoms with Crippen LogP contribution >= 0.6 is 0 Å². The van der Waals surface area contributed by atoms with Crippen LogP contribution in [0.2, 0.25) is 0 Å². The number of nitrogen functional groups attached to an aromatic ring is 1. The lowest BCUT2D eigenvalue weighted by Crippen LogP contribution is -2.27. The van der Waals surface area contributed by atoms with Gasteiger partial charge in [-0.1, -0.05) is 13.0 Å². The molecule has 0 unspecified atom stereocenters. The molecule has 0 aliphatic carbocycles. The number of carbonyl (C=O) groups excluding carboxylic acids is 2. The molecular formula is C26H26N8O2. The third-order valence-corrected chi connectivity index (χ3v) is 6.25. The smallest absolute Gasteiger partial charge is 0.256 e. The highest BCUT2D eigenvalue weighted by Crippen LogP contribution is 2.26. The number of fused-ring (bicyclic) bond motifs is 1. The summed E-state index contributed by atoms with van der Waals surface area (Å²) in [5.41, 5.74) is 9.81. The number of nitrogens with zero attached hydrogens (tertiary/aromatic N) is 4. The lowest BCUT2D eigenvalue weighted by Gasteiger charge is -2.15. The molecule has 1 aromatic carbocycles. The number of nitrogens with one attached hydrogen (secondary N) is 3. The summed E-state index contributed by atoms with van der Waals surface area (Å²) in [5, 5.41) is 11.5. The molecule has 2 amide bonds. The van der Waals surface area contributed by atoms with E-state index in [9.17, 15) is 9.59 Å². The van der Waals surface area contributed by atoms with E-state index < -0.39 is 0 Å². The molecule has 1 aliphatic heterocycles. The molecular weight excluding hydrogens is 456 g/mol. The molecule has 1 fully saturated rings. The number of aromatic amines is 1. The molecule has 4 aromatic rings. The molecule has 5 rings (SSSR count). The van der Waals surface area contributed by atoms with Gasteiger partial charge in [-0.15, -0.1) is 0 Å². The van der Waals surface area contributed by atoms with Crippen LogP contribution in [-0.4, -0.2) is 55.5 Å². The Morgan fingerprint density at radius 2 is 1.86 bits per heavy atom. The van der Waals surface area contributed by atoms with Gasteiger partial charge in [0, 0.05) is 48.6 Å². The summed E-state index contributed by atoms with van der Waals surface area (Å²) in [7, 11) is 0. The second kappa shape index (κ2) is 9.57. The van der Waals surface area contributed by atoms with Crippen molar-refractivity contribution in [1.82, 2.24) is 24.8 Å². The van der Waals surface area contributed by atoms with Crippen LogP contribution in [0.25, 0.3) is 22.2 Å². The molecule has 4 heterocycles. The number of benzene rings is 1. The first-order valence-corrected chi connectivity index (χ1v) is 11.8. The molecule has 182 valence electrons. The third kappa shape index (κ3) is 4.40. The van der Waals surface area contributed by atoms with Crippen LogP contribution in [0.5, 0.6) is 0 Å². The Morgan fingerprint density at radius 3 is 2.58 bits per heavy atom. The minimum atomic E-state index is -0.115. The first-order valence-electron chi connectivity index (χ1n) is 11.8. The molecule has 0 saturated carbocycles. The van der Waals surface area contributed by atoms with Gasteiger partial charge in [0.2, 0.25) is 5.91 Å². The van der Waals surface area contributed by atoms with Gasteiger partial charge >= 0.3 is 0 Å². The Bertz CT molecular complexity index is 1470. The predicted molar refractivity (Wildman–Crippen MR) is 138 cm³/mol. The van der Waals surface area contributed by atoms with Gasteiger partial charge in [-0.2, -0.15) is 0 Å². The standard InChI is InChI=1S/C26H26N8O2/c1-2-21(35)32-20-9-8-15(13-29-20)16-12-18(24(28)30-14-16)22(27)25-31-19-7-5-6-17(23(19)33-25)26(36)34-10-3-4-11-34/h5-9,12-14,27H,2-4,10-11H2,1H3,(H2,28,30)(H,31,33)(H,29,32,35). The number of hydrogen-bond donors (Lipinski definition) is 4. The van der Waals surface area contributed by atoms with Crippen molar-refractivity contribution in [2.45, 2.75) is 26.2 Å². The van der Waals surface area contributed by atoms with E-state index in [-0.39, 0.29) is 23.3 Å². The number of carbonyl (C=O) groups is 2. The maximum Gasteiger partial charge on any atom is 0.256 e. The third-order valence-electron chi connectivity index (χ3n) is 6.25. The Balaban J connectivity index is 1.45. The van der Waals surface area contributed by atoms with Crippen LogP contribution in [0.4, 0.5) is 11.6 Å². The molecule has 0 spiro atoms. The van der Waals surface area contributed by atoms with Crippen LogP contribution < -0.4 is 11.1 Å². The van der Waals surface area contributed by atoms with E-state index in [0.29, 0.717) is 45.8 Å². The average Bonchev–Trinajstić information content (AvgIpc) is 3.59. The monoisotopic (exact) mass is 482 g/mol. The first kappa shape index (κ1) is 23.2. The number of amides is 2. The summed E-state index contributed by atoms with van der Waals surface area (Å²) in [5.74, 6) is 0.794. The highest BCUT2D eigenvalue weighted by Gasteiger charge is 2.23. The first-order chi connectivity index (χ1) is 17.4. The van der Waals surface area contributed by atoms with Gasteiger partial charge in [0.25, 0.3) is 5.91 Å². The fraction of sp³-hybridized carbons (Fsp3) is 0.231. The maximum absolute atomic E-state index is 13.0. The Hall–Kier alpha value is -4.60. The van der Waals surface area contributed by atoms with Crippen molar-refractivity contribution in [3.63, 3.8) is 0 Å². The molecule has 0 atom stereocenters. The molecule has 3 aromatic heterocycles. The number of hydrogen-bond acceptors (Lipinski definition) is 7. The highest BCUT2D eigenvalue weighted by atomic mass is 16.2. The fourth-order valence-corrected chi connectivity index (χ4v) is 4.24. The molecule has 10 heteroatoms. The van der Waals surface area contributed by atoms with Gasteiger partial charge in [0.15, 0.2) is 5.82 Å². The zero-order chi connectivity index (χ0) is 25.2. The van der Waals surface area contributed by atoms with E-state index in [1.165, 1.54) is 0 Å². The Morgan fingerprint density at radius 1 is 1.08 bits per heavy atom. The lowest BCUT2D eigenvalue weighted by atomic mass is 10.0. The quantitative estimate of drug-likeness (QED) is 0.308. The second-order valence-electron chi connectivity index (χ2n) is 8.65. The summed E-state index contributed by atoms with van der Waals surface area (Å²) in [6, 6.07) is 10.7. The van der Waals surface area contributed by atoms with E-state index >= 15 is 0 Å². The summed E-state index contributed by atoms with van der Waals surface area (Å²) < 4.78 is 0. The van der Waals surface area contributed by atoms with Crippen molar-refractivity contribution < 1.29 is 9.59 Å². The highest BCUT2D eigenvalue weighted by molar-refractivity contribution is 6.14. The van der Waals surface area contributed by atoms with E-state index in [2.05, 4.69) is 25.3 Å². The molecule has 0 radical (unpaired) electrons. The molecule has 1 saturated heterocycles. The van der Waals surface area contributed by atoms with E-state index in [4.69, 9.17) is 11.1 Å². The number of pyridine rings is 2. The maximum atomic E-state index is 13.0. The SMILES string of the molecule is CCC(=O)Nc1ccc(-c2cnc(N)c(C(=N)c3nc4c(C(=O)N5CCCC5)cccc4[nH]3)c2)cn1. The number of aromatic nitrogens is 4. The zero-order valence-electron chi connectivity index (χ0n) is 19.8. The Kier molecular flexibility index (Phi) is 6.16. The number of rotatable bonds is 6. The van der Waals surface area contributed by atoms with Gasteiger partial charge in [-0.3, -0.25) is 15.0 Å². The summed E-state index contributed by atoms with van der Waals surface area (Å²) in [4.78, 5) is 42.8. The van der Waals surface area contributed by atoms with Crippen molar-refractivity contribution in [2.24, 2.45) is 0 Å². The molecule has 0 bridgehead atoms. The molecule has 1 aliphatic rings. The average molecular weight is 483 g/mol. The summed E-state index contributed by atoms with van der Waals surface area (Å²) in [6.45, 7) is 3.27. The lowest BCUT2D eigenvalue weighted by molar-refractivity contribution is -0.115.